The summed E-state index contributed by atoms with van der Waals surface area (Å²) in [6, 6.07) is 7.10. The van der Waals surface area contributed by atoms with Crippen molar-refractivity contribution in [2.75, 3.05) is 0 Å². The lowest BCUT2D eigenvalue weighted by atomic mass is 10.2. The van der Waals surface area contributed by atoms with Gasteiger partial charge in [-0.25, -0.2) is 9.59 Å². The minimum absolute atomic E-state index is 0.358. The molecule has 2 rings (SSSR count). The Hall–Kier alpha value is -3.12. The van der Waals surface area contributed by atoms with Gasteiger partial charge in [-0.2, -0.15) is 0 Å². The van der Waals surface area contributed by atoms with Gasteiger partial charge in [0, 0.05) is 21.9 Å². The number of carboxylic acid groups (broad SMARTS) is 2. The number of benzene rings is 2. The fourth-order valence-electron chi connectivity index (χ4n) is 1.89. The van der Waals surface area contributed by atoms with Crippen LogP contribution in [0.3, 0.4) is 0 Å². The minimum atomic E-state index is -1.43. The molecule has 0 unspecified atom stereocenters. The van der Waals surface area contributed by atoms with E-state index < -0.39 is 44.3 Å². The highest BCUT2D eigenvalue weighted by molar-refractivity contribution is 8.76. The zero-order valence-electron chi connectivity index (χ0n) is 12.5. The molecule has 0 saturated heterocycles. The lowest BCUT2D eigenvalue weighted by molar-refractivity contribution is -0.385. The predicted molar refractivity (Wildman–Crippen MR) is 91.8 cm³/mol. The zero-order chi connectivity index (χ0) is 19.4. The highest BCUT2D eigenvalue weighted by Gasteiger charge is 2.22. The molecule has 0 spiro atoms. The Kier molecular flexibility index (Phi) is 5.79. The van der Waals surface area contributed by atoms with E-state index in [0.717, 1.165) is 45.9 Å². The largest absolute Gasteiger partial charge is 0.477 e. The summed E-state index contributed by atoms with van der Waals surface area (Å²) >= 11 is 0. The topological polar surface area (TPSA) is 161 Å². The molecule has 10 nitrogen and oxygen atoms in total. The van der Waals surface area contributed by atoms with Crippen LogP contribution in [0.25, 0.3) is 0 Å². The van der Waals surface area contributed by atoms with E-state index in [4.69, 9.17) is 10.2 Å². The van der Waals surface area contributed by atoms with Crippen molar-refractivity contribution in [2.45, 2.75) is 9.79 Å². The van der Waals surface area contributed by atoms with Gasteiger partial charge in [0.25, 0.3) is 11.4 Å². The Morgan fingerprint density at radius 1 is 0.769 bits per heavy atom. The maximum absolute atomic E-state index is 11.0. The van der Waals surface area contributed by atoms with Crippen LogP contribution in [0, 0.1) is 20.2 Å². The number of aromatic carboxylic acids is 2. The average molecular weight is 396 g/mol. The number of carbonyl (C=O) groups is 2. The van der Waals surface area contributed by atoms with Crippen molar-refractivity contribution in [1.82, 2.24) is 0 Å². The highest BCUT2D eigenvalue weighted by Crippen LogP contribution is 2.40. The fourth-order valence-corrected chi connectivity index (χ4v) is 3.85. The first-order valence-electron chi connectivity index (χ1n) is 6.58. The predicted octanol–water partition coefficient (Wildman–Crippen LogP) is 3.70. The van der Waals surface area contributed by atoms with E-state index in [9.17, 15) is 29.8 Å². The standard InChI is InChI=1S/C14H8N2O8S2/c17-13(18)9-3-1-7(5-11(9)15(21)22)25-26-8-2-4-10(14(19)20)12(6-8)16(23)24/h1-6H,(H,17,18)(H,19,20). The van der Waals surface area contributed by atoms with Gasteiger partial charge in [0.05, 0.1) is 9.85 Å². The van der Waals surface area contributed by atoms with Gasteiger partial charge >= 0.3 is 11.9 Å². The lowest BCUT2D eigenvalue weighted by Gasteiger charge is -2.04. The van der Waals surface area contributed by atoms with Gasteiger partial charge in [0.15, 0.2) is 0 Å². The van der Waals surface area contributed by atoms with Crippen molar-refractivity contribution < 1.29 is 29.6 Å². The quantitative estimate of drug-likeness (QED) is 0.401. The summed E-state index contributed by atoms with van der Waals surface area (Å²) in [6.07, 6.45) is 0. The molecule has 0 heterocycles. The van der Waals surface area contributed by atoms with Crippen LogP contribution >= 0.6 is 21.6 Å². The first-order valence-corrected chi connectivity index (χ1v) is 8.73. The van der Waals surface area contributed by atoms with Crippen LogP contribution in [0.2, 0.25) is 0 Å². The fraction of sp³-hybridized carbons (Fsp3) is 0. The number of nitro benzene ring substituents is 2. The summed E-state index contributed by atoms with van der Waals surface area (Å²) in [5.41, 5.74) is -2.05. The molecule has 12 heteroatoms. The van der Waals surface area contributed by atoms with Gasteiger partial charge in [0.1, 0.15) is 11.1 Å². The van der Waals surface area contributed by atoms with E-state index in [2.05, 4.69) is 0 Å². The first-order chi connectivity index (χ1) is 12.2. The van der Waals surface area contributed by atoms with Gasteiger partial charge in [0.2, 0.25) is 0 Å². The van der Waals surface area contributed by atoms with Crippen LogP contribution in [0.15, 0.2) is 46.2 Å². The molecule has 0 atom stereocenters. The molecule has 26 heavy (non-hydrogen) atoms. The summed E-state index contributed by atoms with van der Waals surface area (Å²) in [4.78, 5) is 43.0. The van der Waals surface area contributed by atoms with Crippen molar-refractivity contribution in [3.05, 3.63) is 67.8 Å². The van der Waals surface area contributed by atoms with Crippen LogP contribution in [0.4, 0.5) is 11.4 Å². The summed E-state index contributed by atoms with van der Waals surface area (Å²) < 4.78 is 0. The number of carboxylic acids is 2. The van der Waals surface area contributed by atoms with E-state index in [0.29, 0.717) is 9.79 Å². The molecule has 0 amide bonds. The molecule has 0 aliphatic carbocycles. The van der Waals surface area contributed by atoms with E-state index in [-0.39, 0.29) is 0 Å². The van der Waals surface area contributed by atoms with E-state index in [1.807, 2.05) is 0 Å². The third kappa shape index (κ3) is 4.29. The monoisotopic (exact) mass is 396 g/mol. The highest BCUT2D eigenvalue weighted by atomic mass is 33.1. The van der Waals surface area contributed by atoms with Crippen LogP contribution < -0.4 is 0 Å². The summed E-state index contributed by atoms with van der Waals surface area (Å²) in [6.45, 7) is 0. The summed E-state index contributed by atoms with van der Waals surface area (Å²) in [5, 5.41) is 39.8. The SMILES string of the molecule is O=C(O)c1ccc(SSc2ccc(C(=O)O)c([N+](=O)[O-])c2)cc1[N+](=O)[O-]. The molecular formula is C14H8N2O8S2. The normalized spacial score (nSPS) is 10.3. The zero-order valence-corrected chi connectivity index (χ0v) is 14.2. The van der Waals surface area contributed by atoms with Crippen molar-refractivity contribution in [3.8, 4) is 0 Å². The Balaban J connectivity index is 2.26. The maximum atomic E-state index is 11.0. The summed E-state index contributed by atoms with van der Waals surface area (Å²) in [5.74, 6) is -2.86. The van der Waals surface area contributed by atoms with Crippen LogP contribution in [-0.4, -0.2) is 32.0 Å². The second kappa shape index (κ2) is 7.84. The molecule has 0 saturated carbocycles. The average Bonchev–Trinajstić information content (AvgIpc) is 2.59. The maximum Gasteiger partial charge on any atom is 0.342 e. The van der Waals surface area contributed by atoms with Gasteiger partial charge in [-0.1, -0.05) is 21.6 Å². The molecule has 0 aliphatic rings. The molecule has 2 aromatic carbocycles. The molecule has 0 bridgehead atoms. The molecule has 2 N–H and O–H groups in total. The van der Waals surface area contributed by atoms with Crippen LogP contribution in [-0.2, 0) is 0 Å². The van der Waals surface area contributed by atoms with Crippen molar-refractivity contribution in [2.24, 2.45) is 0 Å². The Bertz CT molecular complexity index is 856. The van der Waals surface area contributed by atoms with Crippen LogP contribution in [0.5, 0.6) is 0 Å². The first kappa shape index (κ1) is 19.2. The number of hydrogen-bond donors (Lipinski definition) is 2. The molecule has 0 radical (unpaired) electrons. The molecular weight excluding hydrogens is 388 g/mol. The molecule has 0 fully saturated rings. The third-order valence-corrected chi connectivity index (χ3v) is 5.41. The van der Waals surface area contributed by atoms with E-state index in [1.54, 1.807) is 0 Å². The van der Waals surface area contributed by atoms with Crippen molar-refractivity contribution >= 4 is 44.9 Å². The summed E-state index contributed by atoms with van der Waals surface area (Å²) in [7, 11) is 2.02. The van der Waals surface area contributed by atoms with Gasteiger partial charge in [-0.05, 0) is 24.3 Å². The third-order valence-electron chi connectivity index (χ3n) is 3.03. The number of nitrogens with zero attached hydrogens (tertiary/aromatic N) is 2. The molecule has 0 aromatic heterocycles. The number of rotatable bonds is 7. The van der Waals surface area contributed by atoms with E-state index >= 15 is 0 Å². The Morgan fingerprint density at radius 3 is 1.38 bits per heavy atom. The Morgan fingerprint density at radius 2 is 1.12 bits per heavy atom. The lowest BCUT2D eigenvalue weighted by Crippen LogP contribution is -2.02. The van der Waals surface area contributed by atoms with Crippen LogP contribution in [0.1, 0.15) is 20.7 Å². The minimum Gasteiger partial charge on any atom is -0.477 e. The number of nitro groups is 2. The van der Waals surface area contributed by atoms with Crippen molar-refractivity contribution in [3.63, 3.8) is 0 Å². The smallest absolute Gasteiger partial charge is 0.342 e. The van der Waals surface area contributed by atoms with Gasteiger partial charge in [-0.15, -0.1) is 0 Å². The molecule has 0 aliphatic heterocycles. The van der Waals surface area contributed by atoms with E-state index in [1.165, 1.54) is 12.1 Å². The Labute approximate surface area is 152 Å². The second-order valence-corrected chi connectivity index (χ2v) is 6.93. The number of hydrogen-bond acceptors (Lipinski definition) is 8. The van der Waals surface area contributed by atoms with Gasteiger partial charge < -0.3 is 10.2 Å². The van der Waals surface area contributed by atoms with Crippen molar-refractivity contribution in [1.29, 1.82) is 0 Å². The van der Waals surface area contributed by atoms with Gasteiger partial charge in [-0.3, -0.25) is 20.2 Å². The molecule has 134 valence electrons. The molecule has 2 aromatic rings. The second-order valence-electron chi connectivity index (χ2n) is 4.65.